The molecule has 36 nitrogen and oxygen atoms in total. The van der Waals surface area contributed by atoms with E-state index in [1.165, 1.54) is 43.7 Å². The van der Waals surface area contributed by atoms with Crippen LogP contribution in [0.15, 0.2) is 46.8 Å². The van der Waals surface area contributed by atoms with E-state index >= 15 is 0 Å². The minimum absolute atomic E-state index is 0.0211. The number of nitrogens with one attached hydrogen (secondary N) is 10. The van der Waals surface area contributed by atoms with Crippen LogP contribution in [-0.4, -0.2) is 235 Å². The van der Waals surface area contributed by atoms with Crippen molar-refractivity contribution in [3.63, 3.8) is 0 Å². The molecule has 2 aromatic rings. The second-order valence-electron chi connectivity index (χ2n) is 19.8. The van der Waals surface area contributed by atoms with Gasteiger partial charge in [-0.3, -0.25) is 57.9 Å². The van der Waals surface area contributed by atoms with Gasteiger partial charge in [0.15, 0.2) is 18.0 Å². The zero-order valence-corrected chi connectivity index (χ0v) is 47.3. The molecule has 0 bridgehead atoms. The number of aliphatic hydroxyl groups excluding tert-OH is 4. The third-order valence-corrected chi connectivity index (χ3v) is 13.0. The number of carboxylic acids is 1. The molecule has 3 rings (SSSR count). The summed E-state index contributed by atoms with van der Waals surface area (Å²) < 4.78 is 0. The predicted molar refractivity (Wildman–Crippen MR) is 301 cm³/mol. The summed E-state index contributed by atoms with van der Waals surface area (Å²) in [5, 5.41) is 80.7. The van der Waals surface area contributed by atoms with Gasteiger partial charge in [0.1, 0.15) is 54.1 Å². The molecule has 1 saturated heterocycles. The number of hydrogen-bond donors (Lipinski definition) is 21. The van der Waals surface area contributed by atoms with E-state index in [0.29, 0.717) is 5.56 Å². The first-order valence-corrected chi connectivity index (χ1v) is 27.0. The van der Waals surface area contributed by atoms with Gasteiger partial charge in [0, 0.05) is 44.4 Å². The van der Waals surface area contributed by atoms with Crippen LogP contribution in [0.1, 0.15) is 63.6 Å². The second kappa shape index (κ2) is 35.8. The van der Waals surface area contributed by atoms with Crippen molar-refractivity contribution in [2.75, 3.05) is 46.0 Å². The van der Waals surface area contributed by atoms with Crippen molar-refractivity contribution in [1.82, 2.24) is 62.7 Å². The molecule has 11 atom stereocenters. The number of nitrogens with two attached hydrogens (primary N) is 5. The molecule has 0 aliphatic carbocycles. The number of aliphatic hydroxyl groups is 4. The van der Waals surface area contributed by atoms with E-state index in [9.17, 15) is 83.4 Å². The van der Waals surface area contributed by atoms with Gasteiger partial charge in [-0.1, -0.05) is 12.1 Å². The summed E-state index contributed by atoms with van der Waals surface area (Å²) in [6.07, 6.45) is 1.07. The highest BCUT2D eigenvalue weighted by Gasteiger charge is 2.40. The monoisotopic (exact) mass is 1220 g/mol. The SMILES string of the molecule is C[C@H](NC(=O)[C@@H]1CCCN1C(=O)[C@H](Cc1ccc(O)cc1)NC(=O)[C@H](CO)NC(=O)[C@H](CO)NC(=O)[C@H](Cc1cnc[nH]1)NC(=O)[C@H](CCCN=C(N)N)NC(=O)[C@H](CO)NC(=O)[C@@H](N)CCCN=C(N)N)C(=O)NCC(=O)N[C@H](C(=O)O)[C@@H](C)O. The molecule has 36 heteroatoms. The molecule has 1 aliphatic heterocycles. The smallest absolute Gasteiger partial charge is 0.328 e. The number of amides is 10. The first-order valence-electron chi connectivity index (χ1n) is 27.0. The molecule has 0 saturated carbocycles. The number of imidazole rings is 1. The van der Waals surface area contributed by atoms with E-state index in [-0.39, 0.29) is 94.4 Å². The van der Waals surface area contributed by atoms with Gasteiger partial charge in [0.2, 0.25) is 59.1 Å². The van der Waals surface area contributed by atoms with Crippen LogP contribution in [0.2, 0.25) is 0 Å². The highest BCUT2D eigenvalue weighted by molar-refractivity contribution is 5.99. The fourth-order valence-corrected chi connectivity index (χ4v) is 8.35. The largest absolute Gasteiger partial charge is 0.508 e. The van der Waals surface area contributed by atoms with Gasteiger partial charge in [0.25, 0.3) is 0 Å². The zero-order valence-electron chi connectivity index (χ0n) is 47.3. The fraction of sp³-hybridized carbons (Fsp3) is 0.560. The van der Waals surface area contributed by atoms with Crippen LogP contribution in [0.4, 0.5) is 0 Å². The number of carbonyl (C=O) groups excluding carboxylic acids is 10. The Morgan fingerprint density at radius 2 is 1.16 bits per heavy atom. The maximum absolute atomic E-state index is 14.4. The van der Waals surface area contributed by atoms with Crippen molar-refractivity contribution in [3.05, 3.63) is 48.0 Å². The summed E-state index contributed by atoms with van der Waals surface area (Å²) in [5.41, 5.74) is 28.1. The lowest BCUT2D eigenvalue weighted by Crippen LogP contribution is -2.62. The Hall–Kier alpha value is -9.26. The number of phenolic OH excluding ortho intramolecular Hbond substituents is 1. The summed E-state index contributed by atoms with van der Waals surface area (Å²) in [6, 6.07) is -9.94. The standard InChI is InChI=1S/C50H79N19O17/c1-24(39(76)59-19-37(75)68-38(25(2)73)48(85)86)61-46(83)36-8-5-15-69(36)47(84)32(16-26-9-11-28(74)12-10-26)64-44(81)34(21-71)67-45(82)35(22-72)66-42(79)31(17-27-18-56-23-60-27)63-41(78)30(7-4-14-58-50(54)55)62-43(80)33(20-70)65-40(77)29(51)6-3-13-57-49(52)53/h9-12,18,23-25,29-36,38,70-74H,3-8,13-17,19-22,51H2,1-2H3,(H,56,60)(H,59,76)(H,61,83)(H,62,80)(H,63,78)(H,64,81)(H,65,77)(H,66,79)(H,67,82)(H,68,75)(H,85,86)(H4,52,53,57)(H4,54,55,58)/t24-,25+,29-,30-,31-,32-,33-,34-,35-,36-,38-/m0/s1. The third-order valence-electron chi connectivity index (χ3n) is 13.0. The number of carboxylic acid groups (broad SMARTS) is 1. The number of aliphatic imine (C=N–C) groups is 2. The number of phenols is 1. The lowest BCUT2D eigenvalue weighted by Gasteiger charge is -2.30. The van der Waals surface area contributed by atoms with Crippen LogP contribution >= 0.6 is 0 Å². The molecule has 86 heavy (non-hydrogen) atoms. The van der Waals surface area contributed by atoms with Gasteiger partial charge < -0.3 is 117 Å². The number of hydrogen-bond acceptors (Lipinski definition) is 20. The van der Waals surface area contributed by atoms with Crippen LogP contribution in [0.5, 0.6) is 5.75 Å². The summed E-state index contributed by atoms with van der Waals surface area (Å²) >= 11 is 0. The Balaban J connectivity index is 1.80. The Morgan fingerprint density at radius 3 is 1.67 bits per heavy atom. The molecular weight excluding hydrogens is 1140 g/mol. The lowest BCUT2D eigenvalue weighted by molar-refractivity contribution is -0.144. The van der Waals surface area contributed by atoms with Gasteiger partial charge in [-0.25, -0.2) is 9.78 Å². The van der Waals surface area contributed by atoms with Crippen LogP contribution in [0, 0.1) is 0 Å². The Morgan fingerprint density at radius 1 is 0.663 bits per heavy atom. The van der Waals surface area contributed by atoms with Crippen molar-refractivity contribution in [1.29, 1.82) is 0 Å². The van der Waals surface area contributed by atoms with Crippen molar-refractivity contribution in [2.45, 2.75) is 132 Å². The number of aromatic nitrogens is 2. The van der Waals surface area contributed by atoms with Crippen LogP contribution in [-0.2, 0) is 65.6 Å². The number of guanidine groups is 2. The van der Waals surface area contributed by atoms with Crippen molar-refractivity contribution < 1.29 is 83.4 Å². The Labute approximate surface area is 492 Å². The van der Waals surface area contributed by atoms with Crippen molar-refractivity contribution in [2.24, 2.45) is 38.7 Å². The van der Waals surface area contributed by atoms with E-state index in [1.54, 1.807) is 0 Å². The summed E-state index contributed by atoms with van der Waals surface area (Å²) in [5.74, 6) is -12.0. The van der Waals surface area contributed by atoms with Crippen molar-refractivity contribution >= 4 is 77.0 Å². The van der Waals surface area contributed by atoms with E-state index in [2.05, 4.69) is 62.5 Å². The number of benzene rings is 1. The van der Waals surface area contributed by atoms with Crippen LogP contribution < -0.4 is 76.5 Å². The summed E-state index contributed by atoms with van der Waals surface area (Å²) in [7, 11) is 0. The Bertz CT molecular complexity index is 2690. The number of aliphatic carboxylic acids is 1. The van der Waals surface area contributed by atoms with Gasteiger partial charge >= 0.3 is 5.97 Å². The third kappa shape index (κ3) is 23.8. The first kappa shape index (κ1) is 71.0. The molecule has 1 aromatic carbocycles. The van der Waals surface area contributed by atoms with Gasteiger partial charge in [-0.05, 0) is 70.1 Å². The molecule has 2 heterocycles. The van der Waals surface area contributed by atoms with Crippen LogP contribution in [0.3, 0.4) is 0 Å². The van der Waals surface area contributed by atoms with E-state index in [1.807, 2.05) is 5.32 Å². The molecule has 0 radical (unpaired) electrons. The van der Waals surface area contributed by atoms with E-state index in [0.717, 1.165) is 11.8 Å². The maximum Gasteiger partial charge on any atom is 0.328 e. The number of rotatable bonds is 36. The Kier molecular flexibility index (Phi) is 29.5. The predicted octanol–water partition coefficient (Wildman–Crippen LogP) is -10.2. The number of aromatic hydroxyl groups is 1. The summed E-state index contributed by atoms with van der Waals surface area (Å²) in [6.45, 7) is -1.42. The average molecular weight is 1220 g/mol. The molecule has 10 amide bonds. The molecule has 0 unspecified atom stereocenters. The van der Waals surface area contributed by atoms with Gasteiger partial charge in [-0.2, -0.15) is 0 Å². The maximum atomic E-state index is 14.4. The minimum Gasteiger partial charge on any atom is -0.508 e. The van der Waals surface area contributed by atoms with Crippen molar-refractivity contribution in [3.8, 4) is 5.75 Å². The molecule has 476 valence electrons. The normalized spacial score (nSPS) is 16.2. The van der Waals surface area contributed by atoms with Gasteiger partial charge in [0.05, 0.1) is 44.8 Å². The summed E-state index contributed by atoms with van der Waals surface area (Å²) in [4.78, 5) is 162. The molecular formula is C50H79N19O17. The number of aromatic amines is 1. The van der Waals surface area contributed by atoms with E-state index < -0.39 is 158 Å². The highest BCUT2D eigenvalue weighted by atomic mass is 16.4. The van der Waals surface area contributed by atoms with Gasteiger partial charge in [-0.15, -0.1) is 0 Å². The topological polar surface area (TPSA) is 604 Å². The molecule has 0 spiro atoms. The quantitative estimate of drug-likeness (QED) is 0.0171. The molecule has 1 aromatic heterocycles. The van der Waals surface area contributed by atoms with E-state index in [4.69, 9.17) is 28.7 Å². The number of likely N-dealkylation sites (tertiary alicyclic amines) is 1. The zero-order chi connectivity index (χ0) is 64.2. The average Bonchev–Trinajstić information content (AvgIpc) is 3.18. The molecule has 26 N–H and O–H groups in total. The first-order chi connectivity index (χ1) is 40.7. The minimum atomic E-state index is -1.90. The lowest BCUT2D eigenvalue weighted by atomic mass is 10.0. The fourth-order valence-electron chi connectivity index (χ4n) is 8.35. The molecule has 1 fully saturated rings. The number of H-pyrrole nitrogens is 1. The van der Waals surface area contributed by atoms with Crippen LogP contribution in [0.25, 0.3) is 0 Å². The second-order valence-corrected chi connectivity index (χ2v) is 19.8. The number of carbonyl (C=O) groups is 11. The number of nitrogens with zero attached hydrogens (tertiary/aromatic N) is 4. The molecule has 1 aliphatic rings. The highest BCUT2D eigenvalue weighted by Crippen LogP contribution is 2.21.